The Morgan fingerprint density at radius 3 is 2.71 bits per heavy atom. The van der Waals surface area contributed by atoms with Gasteiger partial charge in [-0.2, -0.15) is 0 Å². The summed E-state index contributed by atoms with van der Waals surface area (Å²) in [6, 6.07) is 5.39. The summed E-state index contributed by atoms with van der Waals surface area (Å²) in [6.45, 7) is 5.68. The van der Waals surface area contributed by atoms with E-state index in [-0.39, 0.29) is 36.1 Å². The lowest BCUT2D eigenvalue weighted by Crippen LogP contribution is -2.56. The van der Waals surface area contributed by atoms with E-state index in [0.717, 1.165) is 32.5 Å². The third kappa shape index (κ3) is 4.44. The number of hydrogen-bond acceptors (Lipinski definition) is 4. The molecule has 0 aliphatic carbocycles. The van der Waals surface area contributed by atoms with Crippen LogP contribution in [0, 0.1) is 5.82 Å². The summed E-state index contributed by atoms with van der Waals surface area (Å²) in [6.07, 6.45) is 3.86. The minimum absolute atomic E-state index is 0.107. The number of rotatable bonds is 5. The first kappa shape index (κ1) is 21.7. The molecule has 3 aliphatic heterocycles. The largest absolute Gasteiger partial charge is 0.340 e. The van der Waals surface area contributed by atoms with Crippen molar-refractivity contribution in [1.82, 2.24) is 20.0 Å². The Bertz CT molecular complexity index is 853. The molecule has 4 amide bonds. The van der Waals surface area contributed by atoms with Crippen molar-refractivity contribution in [3.63, 3.8) is 0 Å². The fourth-order valence-corrected chi connectivity index (χ4v) is 5.11. The minimum Gasteiger partial charge on any atom is -0.340 e. The Morgan fingerprint density at radius 1 is 1.23 bits per heavy atom. The van der Waals surface area contributed by atoms with E-state index in [2.05, 4.69) is 17.1 Å². The summed E-state index contributed by atoms with van der Waals surface area (Å²) in [7, 11) is 0. The average molecular weight is 431 g/mol. The maximum Gasteiger partial charge on any atom is 0.325 e. The first-order valence-electron chi connectivity index (χ1n) is 11.3. The minimum atomic E-state index is -0.796. The number of piperidine rings is 2. The molecule has 1 spiro atoms. The van der Waals surface area contributed by atoms with Crippen LogP contribution in [0.5, 0.6) is 0 Å². The Kier molecular flexibility index (Phi) is 6.27. The molecule has 0 aromatic heterocycles. The highest BCUT2D eigenvalue weighted by atomic mass is 19.1. The van der Waals surface area contributed by atoms with E-state index in [9.17, 15) is 18.8 Å². The van der Waals surface area contributed by atoms with E-state index < -0.39 is 5.54 Å². The molecule has 7 nitrogen and oxygen atoms in total. The van der Waals surface area contributed by atoms with Crippen molar-refractivity contribution in [3.8, 4) is 0 Å². The van der Waals surface area contributed by atoms with Gasteiger partial charge in [-0.15, -0.1) is 0 Å². The number of amides is 4. The molecule has 3 heterocycles. The number of nitrogens with one attached hydrogen (secondary N) is 1. The Morgan fingerprint density at radius 2 is 2.00 bits per heavy atom. The smallest absolute Gasteiger partial charge is 0.325 e. The average Bonchev–Trinajstić information content (AvgIpc) is 2.99. The first-order valence-corrected chi connectivity index (χ1v) is 11.3. The van der Waals surface area contributed by atoms with Crippen molar-refractivity contribution in [1.29, 1.82) is 0 Å². The van der Waals surface area contributed by atoms with Crippen molar-refractivity contribution in [2.24, 2.45) is 0 Å². The monoisotopic (exact) mass is 430 g/mol. The number of urea groups is 1. The van der Waals surface area contributed by atoms with E-state index in [1.807, 2.05) is 0 Å². The van der Waals surface area contributed by atoms with Gasteiger partial charge in [-0.1, -0.05) is 19.1 Å². The molecule has 4 rings (SSSR count). The molecular formula is C23H31FN4O3. The van der Waals surface area contributed by atoms with Gasteiger partial charge in [0.1, 0.15) is 11.4 Å². The summed E-state index contributed by atoms with van der Waals surface area (Å²) < 4.78 is 13.4. The zero-order valence-corrected chi connectivity index (χ0v) is 18.1. The van der Waals surface area contributed by atoms with Crippen molar-refractivity contribution in [2.45, 2.75) is 57.0 Å². The Labute approximate surface area is 182 Å². The van der Waals surface area contributed by atoms with Gasteiger partial charge in [-0.25, -0.2) is 9.18 Å². The molecule has 1 aromatic rings. The number of carbonyl (C=O) groups excluding carboxylic acids is 3. The van der Waals surface area contributed by atoms with Gasteiger partial charge < -0.3 is 15.1 Å². The molecule has 1 N–H and O–H groups in total. The highest BCUT2D eigenvalue weighted by Gasteiger charge is 2.54. The van der Waals surface area contributed by atoms with Crippen molar-refractivity contribution in [3.05, 3.63) is 35.6 Å². The number of likely N-dealkylation sites (tertiary alicyclic amines) is 2. The van der Waals surface area contributed by atoms with Crippen molar-refractivity contribution in [2.75, 3.05) is 32.7 Å². The van der Waals surface area contributed by atoms with E-state index >= 15 is 0 Å². The first-order chi connectivity index (χ1) is 14.9. The molecule has 3 aliphatic rings. The zero-order chi connectivity index (χ0) is 22.0. The van der Waals surface area contributed by atoms with E-state index in [1.54, 1.807) is 17.0 Å². The van der Waals surface area contributed by atoms with Crippen LogP contribution in [0.25, 0.3) is 0 Å². The number of carbonyl (C=O) groups is 3. The predicted molar refractivity (Wildman–Crippen MR) is 114 cm³/mol. The standard InChI is InChI=1S/C23H31FN4O3/c1-2-10-26-12-8-23(9-13-26)21(30)28(22(31)25-23)19-7-4-11-27(16-19)20(29)15-17-5-3-6-18(24)14-17/h3,5-6,14,19H,2,4,7-13,15-16H2,1H3,(H,25,31)/t19-/m1/s1. The molecule has 1 atom stereocenters. The number of benzene rings is 1. The van der Waals surface area contributed by atoms with E-state index in [0.29, 0.717) is 37.9 Å². The molecule has 0 unspecified atom stereocenters. The van der Waals surface area contributed by atoms with Gasteiger partial charge in [0.25, 0.3) is 5.91 Å². The van der Waals surface area contributed by atoms with Crippen LogP contribution in [0.15, 0.2) is 24.3 Å². The normalized spacial score (nSPS) is 24.0. The molecule has 0 bridgehead atoms. The Hall–Kier alpha value is -2.48. The molecular weight excluding hydrogens is 399 g/mol. The quantitative estimate of drug-likeness (QED) is 0.727. The highest BCUT2D eigenvalue weighted by molar-refractivity contribution is 6.07. The predicted octanol–water partition coefficient (Wildman–Crippen LogP) is 2.16. The second-order valence-electron chi connectivity index (χ2n) is 8.97. The summed E-state index contributed by atoms with van der Waals surface area (Å²) in [5.74, 6) is -0.612. The second-order valence-corrected chi connectivity index (χ2v) is 8.97. The molecule has 8 heteroatoms. The maximum absolute atomic E-state index is 13.4. The fourth-order valence-electron chi connectivity index (χ4n) is 5.11. The van der Waals surface area contributed by atoms with Crippen LogP contribution in [0.4, 0.5) is 9.18 Å². The van der Waals surface area contributed by atoms with Crippen LogP contribution in [0.3, 0.4) is 0 Å². The van der Waals surface area contributed by atoms with Crippen molar-refractivity contribution < 1.29 is 18.8 Å². The van der Waals surface area contributed by atoms with Crippen LogP contribution in [0.1, 0.15) is 44.6 Å². The van der Waals surface area contributed by atoms with Crippen LogP contribution < -0.4 is 5.32 Å². The molecule has 1 aromatic carbocycles. The number of halogens is 1. The van der Waals surface area contributed by atoms with Gasteiger partial charge in [-0.05, 0) is 56.3 Å². The highest BCUT2D eigenvalue weighted by Crippen LogP contribution is 2.32. The topological polar surface area (TPSA) is 73.0 Å². The third-order valence-electron chi connectivity index (χ3n) is 6.80. The van der Waals surface area contributed by atoms with E-state index in [4.69, 9.17) is 0 Å². The summed E-state index contributed by atoms with van der Waals surface area (Å²) >= 11 is 0. The third-order valence-corrected chi connectivity index (χ3v) is 6.80. The SMILES string of the molecule is CCCN1CCC2(CC1)NC(=O)N([C@@H]1CCCN(C(=O)Cc3cccc(F)c3)C1)C2=O. The van der Waals surface area contributed by atoms with Gasteiger partial charge in [0, 0.05) is 26.2 Å². The van der Waals surface area contributed by atoms with Crippen molar-refractivity contribution >= 4 is 17.8 Å². The van der Waals surface area contributed by atoms with Crippen LogP contribution >= 0.6 is 0 Å². The van der Waals surface area contributed by atoms with Gasteiger partial charge in [0.2, 0.25) is 5.91 Å². The zero-order valence-electron chi connectivity index (χ0n) is 18.1. The van der Waals surface area contributed by atoms with Crippen LogP contribution in [-0.4, -0.2) is 76.8 Å². The lowest BCUT2D eigenvalue weighted by molar-refractivity contribution is -0.138. The summed E-state index contributed by atoms with van der Waals surface area (Å²) in [5.41, 5.74) is -0.172. The van der Waals surface area contributed by atoms with Gasteiger partial charge in [-0.3, -0.25) is 14.5 Å². The maximum atomic E-state index is 13.4. The second kappa shape index (κ2) is 8.94. The lowest BCUT2D eigenvalue weighted by Gasteiger charge is -2.39. The van der Waals surface area contributed by atoms with Gasteiger partial charge in [0.15, 0.2) is 0 Å². The fraction of sp³-hybridized carbons (Fsp3) is 0.609. The summed E-state index contributed by atoms with van der Waals surface area (Å²) in [4.78, 5) is 44.3. The lowest BCUT2D eigenvalue weighted by atomic mass is 9.87. The molecule has 3 saturated heterocycles. The van der Waals surface area contributed by atoms with Crippen LogP contribution in [-0.2, 0) is 16.0 Å². The van der Waals surface area contributed by atoms with E-state index in [1.165, 1.54) is 17.0 Å². The number of hydrogen-bond donors (Lipinski definition) is 1. The van der Waals surface area contributed by atoms with Gasteiger partial charge >= 0.3 is 6.03 Å². The molecule has 0 saturated carbocycles. The molecule has 0 radical (unpaired) electrons. The molecule has 31 heavy (non-hydrogen) atoms. The van der Waals surface area contributed by atoms with Crippen LogP contribution in [0.2, 0.25) is 0 Å². The summed E-state index contributed by atoms with van der Waals surface area (Å²) in [5, 5.41) is 2.98. The van der Waals surface area contributed by atoms with Gasteiger partial charge in [0.05, 0.1) is 12.5 Å². The molecule has 168 valence electrons. The number of nitrogens with zero attached hydrogens (tertiary/aromatic N) is 3. The Balaban J connectivity index is 1.40. The number of imide groups is 1. The molecule has 3 fully saturated rings.